The number of rotatable bonds is 2. The van der Waals surface area contributed by atoms with E-state index in [1.165, 1.54) is 0 Å². The van der Waals surface area contributed by atoms with Crippen molar-refractivity contribution < 1.29 is 0 Å². The lowest BCUT2D eigenvalue weighted by molar-refractivity contribution is 1.47. The number of benzene rings is 3. The van der Waals surface area contributed by atoms with E-state index in [-0.39, 0.29) is 0 Å². The van der Waals surface area contributed by atoms with Crippen LogP contribution in [0.25, 0.3) is 22.3 Å². The molecule has 0 aromatic heterocycles. The lowest BCUT2D eigenvalue weighted by Gasteiger charge is -2.14. The van der Waals surface area contributed by atoms with Gasteiger partial charge in [0.1, 0.15) is 6.07 Å². The van der Waals surface area contributed by atoms with E-state index in [1.54, 1.807) is 48.5 Å². The van der Waals surface area contributed by atoms with Crippen molar-refractivity contribution in [2.24, 2.45) is 0 Å². The normalized spacial score (nSPS) is 10.5. The van der Waals surface area contributed by atoms with Crippen LogP contribution in [-0.2, 0) is 0 Å². The van der Waals surface area contributed by atoms with Gasteiger partial charge < -0.3 is 0 Å². The standard InChI is InChI=1S/C19H9Cl4N/c20-14-6-2-7-15(21)18(14)11-4-1-5-12(13(11)10-24)19-16(22)8-3-9-17(19)23/h1-9H. The van der Waals surface area contributed by atoms with E-state index in [0.717, 1.165) is 0 Å². The minimum Gasteiger partial charge on any atom is -0.192 e. The first-order valence-electron chi connectivity index (χ1n) is 6.96. The number of halogens is 4. The number of hydrogen-bond donors (Lipinski definition) is 0. The summed E-state index contributed by atoms with van der Waals surface area (Å²) in [6, 6.07) is 18.1. The summed E-state index contributed by atoms with van der Waals surface area (Å²) in [5.74, 6) is 0. The van der Waals surface area contributed by atoms with Crippen LogP contribution in [0.2, 0.25) is 20.1 Å². The molecule has 0 saturated carbocycles. The first kappa shape index (κ1) is 17.1. The van der Waals surface area contributed by atoms with Crippen LogP contribution in [0, 0.1) is 11.3 Å². The summed E-state index contributed by atoms with van der Waals surface area (Å²) in [7, 11) is 0. The van der Waals surface area contributed by atoms with Crippen molar-refractivity contribution in [3.8, 4) is 28.3 Å². The summed E-state index contributed by atoms with van der Waals surface area (Å²) in [6.45, 7) is 0. The van der Waals surface area contributed by atoms with Crippen LogP contribution in [-0.4, -0.2) is 0 Å². The molecule has 24 heavy (non-hydrogen) atoms. The molecule has 0 aliphatic rings. The van der Waals surface area contributed by atoms with Gasteiger partial charge in [-0.05, 0) is 24.3 Å². The zero-order valence-electron chi connectivity index (χ0n) is 12.2. The minimum atomic E-state index is 0.419. The molecule has 3 aromatic carbocycles. The minimum absolute atomic E-state index is 0.419. The molecule has 0 atom stereocenters. The molecular formula is C19H9Cl4N. The fourth-order valence-electron chi connectivity index (χ4n) is 2.60. The van der Waals surface area contributed by atoms with Crippen molar-refractivity contribution in [2.45, 2.75) is 0 Å². The molecule has 0 bridgehead atoms. The molecule has 3 aromatic rings. The molecule has 0 N–H and O–H groups in total. The average Bonchev–Trinajstić information content (AvgIpc) is 2.55. The van der Waals surface area contributed by atoms with E-state index < -0.39 is 0 Å². The van der Waals surface area contributed by atoms with E-state index in [4.69, 9.17) is 46.4 Å². The largest absolute Gasteiger partial charge is 0.192 e. The van der Waals surface area contributed by atoms with E-state index >= 15 is 0 Å². The first-order valence-corrected chi connectivity index (χ1v) is 8.47. The maximum atomic E-state index is 9.76. The molecule has 0 radical (unpaired) electrons. The quantitative estimate of drug-likeness (QED) is 0.442. The van der Waals surface area contributed by atoms with Crippen LogP contribution in [0.4, 0.5) is 0 Å². The molecule has 0 saturated heterocycles. The van der Waals surface area contributed by atoms with Crippen molar-refractivity contribution in [3.63, 3.8) is 0 Å². The second kappa shape index (κ2) is 7.05. The van der Waals surface area contributed by atoms with Gasteiger partial charge in [0.05, 0.1) is 5.56 Å². The summed E-state index contributed by atoms with van der Waals surface area (Å²) < 4.78 is 0. The summed E-state index contributed by atoms with van der Waals surface area (Å²) in [5, 5.41) is 11.7. The molecule has 5 heteroatoms. The Bertz CT molecular complexity index is 863. The van der Waals surface area contributed by atoms with Gasteiger partial charge in [0.15, 0.2) is 0 Å². The second-order valence-electron chi connectivity index (χ2n) is 5.03. The SMILES string of the molecule is N#Cc1c(-c2c(Cl)cccc2Cl)cccc1-c1c(Cl)cccc1Cl. The van der Waals surface area contributed by atoms with E-state index in [2.05, 4.69) is 6.07 Å². The molecule has 0 spiro atoms. The van der Waals surface area contributed by atoms with Crippen molar-refractivity contribution in [2.75, 3.05) is 0 Å². The highest BCUT2D eigenvalue weighted by atomic mass is 35.5. The Morgan fingerprint density at radius 2 is 0.917 bits per heavy atom. The highest BCUT2D eigenvalue weighted by molar-refractivity contribution is 6.40. The number of nitrogens with zero attached hydrogens (tertiary/aromatic N) is 1. The lowest BCUT2D eigenvalue weighted by Crippen LogP contribution is -1.92. The molecule has 0 fully saturated rings. The van der Waals surface area contributed by atoms with Crippen LogP contribution in [0.3, 0.4) is 0 Å². The Morgan fingerprint density at radius 3 is 1.25 bits per heavy atom. The van der Waals surface area contributed by atoms with Crippen molar-refractivity contribution >= 4 is 46.4 Å². The summed E-state index contributed by atoms with van der Waals surface area (Å²) in [6.07, 6.45) is 0. The summed E-state index contributed by atoms with van der Waals surface area (Å²) in [5.41, 5.74) is 2.93. The Hall–Kier alpha value is -1.69. The first-order chi connectivity index (χ1) is 11.5. The Balaban J connectivity index is 2.36. The van der Waals surface area contributed by atoms with Gasteiger partial charge in [-0.3, -0.25) is 0 Å². The van der Waals surface area contributed by atoms with Gasteiger partial charge in [0, 0.05) is 42.3 Å². The van der Waals surface area contributed by atoms with Crippen LogP contribution in [0.5, 0.6) is 0 Å². The second-order valence-corrected chi connectivity index (χ2v) is 6.66. The van der Waals surface area contributed by atoms with E-state index in [1.807, 2.05) is 6.07 Å². The molecule has 1 nitrogen and oxygen atoms in total. The zero-order valence-corrected chi connectivity index (χ0v) is 15.2. The van der Waals surface area contributed by atoms with Crippen LogP contribution in [0.15, 0.2) is 54.6 Å². The monoisotopic (exact) mass is 391 g/mol. The molecule has 3 rings (SSSR count). The van der Waals surface area contributed by atoms with Gasteiger partial charge in [-0.15, -0.1) is 0 Å². The molecular weight excluding hydrogens is 384 g/mol. The Labute approximate surface area is 160 Å². The maximum absolute atomic E-state index is 9.76. The molecule has 0 heterocycles. The Kier molecular flexibility index (Phi) is 5.04. The average molecular weight is 393 g/mol. The molecule has 118 valence electrons. The summed E-state index contributed by atoms with van der Waals surface area (Å²) >= 11 is 25.2. The smallest absolute Gasteiger partial charge is 0.100 e. The fourth-order valence-corrected chi connectivity index (χ4v) is 3.80. The summed E-state index contributed by atoms with van der Waals surface area (Å²) in [4.78, 5) is 0. The molecule has 0 unspecified atom stereocenters. The zero-order chi connectivity index (χ0) is 17.3. The van der Waals surface area contributed by atoms with Crippen molar-refractivity contribution in [1.82, 2.24) is 0 Å². The van der Waals surface area contributed by atoms with Gasteiger partial charge >= 0.3 is 0 Å². The third-order valence-corrected chi connectivity index (χ3v) is 4.90. The van der Waals surface area contributed by atoms with Gasteiger partial charge in [0.2, 0.25) is 0 Å². The van der Waals surface area contributed by atoms with E-state index in [0.29, 0.717) is 47.9 Å². The highest BCUT2D eigenvalue weighted by Gasteiger charge is 2.18. The van der Waals surface area contributed by atoms with Crippen molar-refractivity contribution in [1.29, 1.82) is 5.26 Å². The predicted octanol–water partition coefficient (Wildman–Crippen LogP) is 7.51. The Morgan fingerprint density at radius 1 is 0.583 bits per heavy atom. The third-order valence-electron chi connectivity index (χ3n) is 3.64. The lowest BCUT2D eigenvalue weighted by atomic mass is 9.92. The molecule has 0 amide bonds. The third kappa shape index (κ3) is 2.99. The van der Waals surface area contributed by atoms with Gasteiger partial charge in [-0.1, -0.05) is 76.7 Å². The predicted molar refractivity (Wildman–Crippen MR) is 102 cm³/mol. The van der Waals surface area contributed by atoms with Crippen LogP contribution >= 0.6 is 46.4 Å². The van der Waals surface area contributed by atoms with Crippen LogP contribution in [0.1, 0.15) is 5.56 Å². The molecule has 0 aliphatic carbocycles. The maximum Gasteiger partial charge on any atom is 0.100 e. The van der Waals surface area contributed by atoms with Gasteiger partial charge in [-0.2, -0.15) is 5.26 Å². The number of nitriles is 1. The fraction of sp³-hybridized carbons (Fsp3) is 0. The highest BCUT2D eigenvalue weighted by Crippen LogP contribution is 2.42. The van der Waals surface area contributed by atoms with Crippen molar-refractivity contribution in [3.05, 3.63) is 80.3 Å². The van der Waals surface area contributed by atoms with E-state index in [9.17, 15) is 5.26 Å². The van der Waals surface area contributed by atoms with Crippen LogP contribution < -0.4 is 0 Å². The number of hydrogen-bond acceptors (Lipinski definition) is 1. The topological polar surface area (TPSA) is 23.8 Å². The van der Waals surface area contributed by atoms with Gasteiger partial charge in [0.25, 0.3) is 0 Å². The molecule has 0 aliphatic heterocycles. The van der Waals surface area contributed by atoms with Gasteiger partial charge in [-0.25, -0.2) is 0 Å².